The van der Waals surface area contributed by atoms with Gasteiger partial charge in [-0.15, -0.1) is 11.3 Å². The molecule has 0 bridgehead atoms. The molecule has 0 aliphatic rings. The molecule has 4 nitrogen and oxygen atoms in total. The molecule has 18 heavy (non-hydrogen) atoms. The summed E-state index contributed by atoms with van der Waals surface area (Å²) in [7, 11) is 0. The number of nitriles is 1. The van der Waals surface area contributed by atoms with Crippen molar-refractivity contribution in [1.82, 2.24) is 10.3 Å². The first-order chi connectivity index (χ1) is 8.37. The summed E-state index contributed by atoms with van der Waals surface area (Å²) in [6, 6.07) is 2.16. The van der Waals surface area contributed by atoms with Crippen LogP contribution in [0.25, 0.3) is 0 Å². The second-order valence-corrected chi connectivity index (χ2v) is 6.64. The topological polar surface area (TPSA) is 65.8 Å². The van der Waals surface area contributed by atoms with Crippen LogP contribution in [0, 0.1) is 24.2 Å². The normalized spacial score (nSPS) is 14.0. The molecule has 0 saturated carbocycles. The number of nitrogens with one attached hydrogen (secondary N) is 1. The molecule has 0 saturated heterocycles. The van der Waals surface area contributed by atoms with Gasteiger partial charge in [0.2, 0.25) is 5.91 Å². The number of thioether (sulfide) groups is 1. The van der Waals surface area contributed by atoms with E-state index in [1.54, 1.807) is 6.92 Å². The molecular formula is C12H17N3OS2. The molecule has 1 N–H and O–H groups in total. The molecule has 1 aromatic rings. The first kappa shape index (κ1) is 15.0. The van der Waals surface area contributed by atoms with Crippen molar-refractivity contribution in [1.29, 1.82) is 5.26 Å². The van der Waals surface area contributed by atoms with Crippen LogP contribution in [0.3, 0.4) is 0 Å². The Morgan fingerprint density at radius 1 is 1.72 bits per heavy atom. The largest absolute Gasteiger partial charge is 0.337 e. The number of thiazole rings is 1. The number of amides is 1. The molecular weight excluding hydrogens is 266 g/mol. The molecule has 0 fully saturated rings. The number of hydrogen-bond donors (Lipinski definition) is 1. The molecule has 1 rings (SSSR count). The van der Waals surface area contributed by atoms with E-state index in [4.69, 9.17) is 5.26 Å². The van der Waals surface area contributed by atoms with E-state index in [-0.39, 0.29) is 17.6 Å². The Kier molecular flexibility index (Phi) is 5.17. The lowest BCUT2D eigenvalue weighted by atomic mass is 9.90. The second kappa shape index (κ2) is 6.21. The molecule has 1 atom stereocenters. The summed E-state index contributed by atoms with van der Waals surface area (Å²) in [6.07, 6.45) is 0. The van der Waals surface area contributed by atoms with E-state index >= 15 is 0 Å². The van der Waals surface area contributed by atoms with Gasteiger partial charge in [0.1, 0.15) is 5.54 Å². The van der Waals surface area contributed by atoms with Crippen LogP contribution in [0.15, 0.2) is 9.72 Å². The van der Waals surface area contributed by atoms with Gasteiger partial charge < -0.3 is 5.32 Å². The van der Waals surface area contributed by atoms with Crippen LogP contribution in [-0.4, -0.2) is 22.2 Å². The van der Waals surface area contributed by atoms with E-state index < -0.39 is 5.54 Å². The lowest BCUT2D eigenvalue weighted by Gasteiger charge is -2.27. The van der Waals surface area contributed by atoms with Crippen molar-refractivity contribution in [2.45, 2.75) is 37.6 Å². The zero-order valence-corrected chi connectivity index (χ0v) is 12.6. The molecule has 1 aromatic heterocycles. The van der Waals surface area contributed by atoms with Gasteiger partial charge in [-0.05, 0) is 19.8 Å². The van der Waals surface area contributed by atoms with Crippen molar-refractivity contribution in [3.63, 3.8) is 0 Å². The molecule has 0 aliphatic carbocycles. The maximum absolute atomic E-state index is 11.8. The summed E-state index contributed by atoms with van der Waals surface area (Å²) in [5.74, 6) is 0.223. The molecule has 0 radical (unpaired) electrons. The van der Waals surface area contributed by atoms with Gasteiger partial charge in [0.05, 0.1) is 11.8 Å². The van der Waals surface area contributed by atoms with Crippen LogP contribution in [0.1, 0.15) is 26.5 Å². The highest BCUT2D eigenvalue weighted by Gasteiger charge is 2.29. The van der Waals surface area contributed by atoms with Gasteiger partial charge in [-0.2, -0.15) is 5.26 Å². The third kappa shape index (κ3) is 4.00. The molecule has 98 valence electrons. The highest BCUT2D eigenvalue weighted by atomic mass is 32.2. The molecule has 0 unspecified atom stereocenters. The van der Waals surface area contributed by atoms with Crippen molar-refractivity contribution in [2.75, 3.05) is 5.75 Å². The second-order valence-electron chi connectivity index (χ2n) is 4.56. The number of carbonyl (C=O) groups is 1. The molecule has 0 spiro atoms. The summed E-state index contributed by atoms with van der Waals surface area (Å²) in [6.45, 7) is 7.50. The Hall–Kier alpha value is -1.06. The van der Waals surface area contributed by atoms with Crippen molar-refractivity contribution < 1.29 is 4.79 Å². The van der Waals surface area contributed by atoms with Crippen LogP contribution >= 0.6 is 23.1 Å². The highest BCUT2D eigenvalue weighted by Crippen LogP contribution is 2.22. The lowest BCUT2D eigenvalue weighted by Crippen LogP contribution is -2.49. The van der Waals surface area contributed by atoms with Gasteiger partial charge >= 0.3 is 0 Å². The SMILES string of the molecule is Cc1csc(SCC(=O)N[C@](C)(C#N)C(C)C)n1. The fourth-order valence-corrected chi connectivity index (χ4v) is 2.80. The average Bonchev–Trinajstić information content (AvgIpc) is 2.72. The Bertz CT molecular complexity index is 464. The van der Waals surface area contributed by atoms with E-state index in [1.807, 2.05) is 26.2 Å². The minimum atomic E-state index is -0.809. The number of nitrogens with zero attached hydrogens (tertiary/aromatic N) is 2. The van der Waals surface area contributed by atoms with Gasteiger partial charge in [-0.1, -0.05) is 25.6 Å². The van der Waals surface area contributed by atoms with E-state index in [9.17, 15) is 4.79 Å². The molecule has 1 heterocycles. The minimum Gasteiger partial charge on any atom is -0.337 e. The van der Waals surface area contributed by atoms with Crippen LogP contribution in [0.5, 0.6) is 0 Å². The fourth-order valence-electron chi connectivity index (χ4n) is 1.15. The third-order valence-corrected chi connectivity index (χ3v) is 4.85. The number of carbonyl (C=O) groups excluding carboxylic acids is 1. The molecule has 0 aromatic carbocycles. The Labute approximate surface area is 116 Å². The first-order valence-electron chi connectivity index (χ1n) is 5.64. The van der Waals surface area contributed by atoms with Crippen molar-refractivity contribution in [3.05, 3.63) is 11.1 Å². The third-order valence-electron chi connectivity index (χ3n) is 2.71. The van der Waals surface area contributed by atoms with Gasteiger partial charge in [0.15, 0.2) is 4.34 Å². The lowest BCUT2D eigenvalue weighted by molar-refractivity contribution is -0.120. The number of aryl methyl sites for hydroxylation is 1. The molecule has 0 aliphatic heterocycles. The van der Waals surface area contributed by atoms with Gasteiger partial charge in [-0.25, -0.2) is 4.98 Å². The highest BCUT2D eigenvalue weighted by molar-refractivity contribution is 8.01. The van der Waals surface area contributed by atoms with E-state index in [2.05, 4.69) is 16.4 Å². The summed E-state index contributed by atoms with van der Waals surface area (Å²) in [5, 5.41) is 13.8. The maximum Gasteiger partial charge on any atom is 0.231 e. The standard InChI is InChI=1S/C12H17N3OS2/c1-8(2)12(4,7-13)15-10(16)6-18-11-14-9(3)5-17-11/h5,8H,6H2,1-4H3,(H,15,16)/t12-/m1/s1. The van der Waals surface area contributed by atoms with Crippen molar-refractivity contribution >= 4 is 29.0 Å². The van der Waals surface area contributed by atoms with Crippen LogP contribution < -0.4 is 5.32 Å². The molecule has 6 heteroatoms. The van der Waals surface area contributed by atoms with Gasteiger partial charge in [-0.3, -0.25) is 4.79 Å². The van der Waals surface area contributed by atoms with E-state index in [1.165, 1.54) is 23.1 Å². The Morgan fingerprint density at radius 2 is 2.39 bits per heavy atom. The Balaban J connectivity index is 2.50. The zero-order chi connectivity index (χ0) is 13.8. The van der Waals surface area contributed by atoms with Crippen LogP contribution in [0.2, 0.25) is 0 Å². The number of rotatable bonds is 5. The van der Waals surface area contributed by atoms with Crippen molar-refractivity contribution in [3.8, 4) is 6.07 Å². The maximum atomic E-state index is 11.8. The summed E-state index contributed by atoms with van der Waals surface area (Å²) in [5.41, 5.74) is 0.156. The number of aromatic nitrogens is 1. The van der Waals surface area contributed by atoms with Crippen LogP contribution in [-0.2, 0) is 4.79 Å². The van der Waals surface area contributed by atoms with Gasteiger partial charge in [0.25, 0.3) is 0 Å². The predicted octanol–water partition coefficient (Wildman–Crippen LogP) is 2.60. The summed E-state index contributed by atoms with van der Waals surface area (Å²) < 4.78 is 0.880. The predicted molar refractivity (Wildman–Crippen MR) is 74.6 cm³/mol. The fraction of sp³-hybridized carbons (Fsp3) is 0.583. The van der Waals surface area contributed by atoms with Crippen molar-refractivity contribution in [2.24, 2.45) is 5.92 Å². The zero-order valence-electron chi connectivity index (χ0n) is 11.0. The Morgan fingerprint density at radius 3 is 2.83 bits per heavy atom. The number of hydrogen-bond acceptors (Lipinski definition) is 5. The van der Waals surface area contributed by atoms with E-state index in [0.29, 0.717) is 0 Å². The quantitative estimate of drug-likeness (QED) is 0.844. The van der Waals surface area contributed by atoms with Gasteiger partial charge in [0, 0.05) is 11.1 Å². The first-order valence-corrected chi connectivity index (χ1v) is 7.51. The monoisotopic (exact) mass is 283 g/mol. The van der Waals surface area contributed by atoms with E-state index in [0.717, 1.165) is 10.0 Å². The smallest absolute Gasteiger partial charge is 0.231 e. The summed E-state index contributed by atoms with van der Waals surface area (Å²) >= 11 is 2.93. The molecule has 1 amide bonds. The van der Waals surface area contributed by atoms with Crippen LogP contribution in [0.4, 0.5) is 0 Å². The summed E-state index contributed by atoms with van der Waals surface area (Å²) in [4.78, 5) is 16.1. The average molecular weight is 283 g/mol. The minimum absolute atomic E-state index is 0.0681.